The topological polar surface area (TPSA) is 104 Å². The van der Waals surface area contributed by atoms with Gasteiger partial charge < -0.3 is 10.6 Å². The van der Waals surface area contributed by atoms with Gasteiger partial charge in [0.25, 0.3) is 5.91 Å². The minimum Gasteiger partial charge on any atom is -0.352 e. The Labute approximate surface area is 161 Å². The number of carbonyl (C=O) groups excluding carboxylic acids is 2. The van der Waals surface area contributed by atoms with Crippen LogP contribution < -0.4 is 15.4 Å². The van der Waals surface area contributed by atoms with Crippen molar-refractivity contribution in [1.82, 2.24) is 5.32 Å². The van der Waals surface area contributed by atoms with Crippen LogP contribution in [0.1, 0.15) is 22.8 Å². The normalized spacial score (nSPS) is 11.0. The molecule has 0 aliphatic heterocycles. The van der Waals surface area contributed by atoms with Gasteiger partial charge in [-0.25, -0.2) is 17.2 Å². The molecule has 0 saturated heterocycles. The van der Waals surface area contributed by atoms with Crippen molar-refractivity contribution >= 4 is 33.2 Å². The zero-order chi connectivity index (χ0) is 20.9. The van der Waals surface area contributed by atoms with Gasteiger partial charge in [0.15, 0.2) is 0 Å². The average Bonchev–Trinajstić information content (AvgIpc) is 2.53. The van der Waals surface area contributed by atoms with Crippen LogP contribution in [-0.4, -0.2) is 33.0 Å². The lowest BCUT2D eigenvalue weighted by Gasteiger charge is -2.13. The quantitative estimate of drug-likeness (QED) is 0.650. The van der Waals surface area contributed by atoms with Crippen LogP contribution in [0.4, 0.5) is 20.2 Å². The largest absolute Gasteiger partial charge is 0.352 e. The molecule has 2 aromatic carbocycles. The number of hydrogen-bond acceptors (Lipinski definition) is 4. The summed E-state index contributed by atoms with van der Waals surface area (Å²) in [7, 11) is -3.64. The van der Waals surface area contributed by atoms with Crippen LogP contribution in [-0.2, 0) is 21.2 Å². The van der Waals surface area contributed by atoms with Crippen LogP contribution >= 0.6 is 0 Å². The third kappa shape index (κ3) is 6.62. The van der Waals surface area contributed by atoms with Crippen molar-refractivity contribution in [3.63, 3.8) is 0 Å². The van der Waals surface area contributed by atoms with E-state index in [-0.39, 0.29) is 30.1 Å². The van der Waals surface area contributed by atoms with Crippen LogP contribution in [0, 0.1) is 11.6 Å². The van der Waals surface area contributed by atoms with E-state index in [1.807, 2.05) is 0 Å². The second-order valence-corrected chi connectivity index (χ2v) is 7.85. The standard InChI is InChI=1S/C18H19F2N3O4S/c1-11(24)22-15-3-4-17(23-28(2,26)27)16(10-15)18(25)21-6-5-12-7-13(19)9-14(20)8-12/h3-4,7-10,23H,5-6H2,1-2H3,(H,21,25)(H,22,24). The molecule has 2 aromatic rings. The molecule has 0 aliphatic rings. The van der Waals surface area contributed by atoms with Crippen LogP contribution in [0.5, 0.6) is 0 Å². The summed E-state index contributed by atoms with van der Waals surface area (Å²) in [4.78, 5) is 23.7. The molecule has 28 heavy (non-hydrogen) atoms. The fourth-order valence-electron chi connectivity index (χ4n) is 2.47. The van der Waals surface area contributed by atoms with Crippen LogP contribution in [0.2, 0.25) is 0 Å². The highest BCUT2D eigenvalue weighted by atomic mass is 32.2. The monoisotopic (exact) mass is 411 g/mol. The highest BCUT2D eigenvalue weighted by Crippen LogP contribution is 2.22. The highest BCUT2D eigenvalue weighted by molar-refractivity contribution is 7.92. The minimum absolute atomic E-state index is 0.0119. The molecule has 10 heteroatoms. The summed E-state index contributed by atoms with van der Waals surface area (Å²) in [5, 5.41) is 5.07. The van der Waals surface area contributed by atoms with E-state index in [0.29, 0.717) is 11.3 Å². The van der Waals surface area contributed by atoms with Gasteiger partial charge in [0.05, 0.1) is 17.5 Å². The number of amides is 2. The van der Waals surface area contributed by atoms with E-state index in [1.54, 1.807) is 0 Å². The molecule has 0 aliphatic carbocycles. The van der Waals surface area contributed by atoms with E-state index < -0.39 is 27.6 Å². The van der Waals surface area contributed by atoms with Gasteiger partial charge in [-0.3, -0.25) is 14.3 Å². The third-order valence-corrected chi connectivity index (χ3v) is 4.09. The summed E-state index contributed by atoms with van der Waals surface area (Å²) in [6, 6.07) is 7.18. The molecule has 7 nitrogen and oxygen atoms in total. The van der Waals surface area contributed by atoms with Gasteiger partial charge >= 0.3 is 0 Å². The molecule has 0 radical (unpaired) electrons. The first kappa shape index (κ1) is 21.3. The van der Waals surface area contributed by atoms with E-state index in [2.05, 4.69) is 15.4 Å². The van der Waals surface area contributed by atoms with Crippen molar-refractivity contribution in [2.45, 2.75) is 13.3 Å². The molecular formula is C18H19F2N3O4S. The number of hydrogen-bond donors (Lipinski definition) is 3. The summed E-state index contributed by atoms with van der Waals surface area (Å²) >= 11 is 0. The Bertz CT molecular complexity index is 990. The van der Waals surface area contributed by atoms with Gasteiger partial charge in [-0.2, -0.15) is 0 Å². The molecule has 0 atom stereocenters. The van der Waals surface area contributed by atoms with Crippen LogP contribution in [0.25, 0.3) is 0 Å². The second-order valence-electron chi connectivity index (χ2n) is 6.10. The first-order valence-electron chi connectivity index (χ1n) is 8.16. The maximum Gasteiger partial charge on any atom is 0.253 e. The number of nitrogens with one attached hydrogen (secondary N) is 3. The summed E-state index contributed by atoms with van der Waals surface area (Å²) in [5.74, 6) is -2.41. The van der Waals surface area contributed by atoms with E-state index >= 15 is 0 Å². The van der Waals surface area contributed by atoms with Gasteiger partial charge in [0, 0.05) is 25.2 Å². The summed E-state index contributed by atoms with van der Waals surface area (Å²) in [6.07, 6.45) is 1.11. The predicted octanol–water partition coefficient (Wildman–Crippen LogP) is 2.27. The SMILES string of the molecule is CC(=O)Nc1ccc(NS(C)(=O)=O)c(C(=O)NCCc2cc(F)cc(F)c2)c1. The van der Waals surface area contributed by atoms with Crippen molar-refractivity contribution in [2.75, 3.05) is 22.8 Å². The smallest absolute Gasteiger partial charge is 0.253 e. The zero-order valence-corrected chi connectivity index (χ0v) is 16.0. The maximum absolute atomic E-state index is 13.2. The van der Waals surface area contributed by atoms with Gasteiger partial charge in [-0.1, -0.05) is 0 Å². The molecule has 0 bridgehead atoms. The fourth-order valence-corrected chi connectivity index (χ4v) is 3.05. The van der Waals surface area contributed by atoms with Crippen molar-refractivity contribution in [3.05, 3.63) is 59.2 Å². The molecule has 3 N–H and O–H groups in total. The first-order chi connectivity index (χ1) is 13.0. The Morgan fingerprint density at radius 3 is 2.25 bits per heavy atom. The van der Waals surface area contributed by atoms with E-state index in [1.165, 1.54) is 25.1 Å². The molecule has 150 valence electrons. The Balaban J connectivity index is 2.17. The molecule has 0 saturated carbocycles. The van der Waals surface area contributed by atoms with Gasteiger partial charge in [0.1, 0.15) is 11.6 Å². The highest BCUT2D eigenvalue weighted by Gasteiger charge is 2.15. The number of carbonyl (C=O) groups is 2. The van der Waals surface area contributed by atoms with Gasteiger partial charge in [0.2, 0.25) is 15.9 Å². The molecule has 0 fully saturated rings. The van der Waals surface area contributed by atoms with Crippen LogP contribution in [0.3, 0.4) is 0 Å². The van der Waals surface area contributed by atoms with Crippen LogP contribution in [0.15, 0.2) is 36.4 Å². The molecule has 0 spiro atoms. The van der Waals surface area contributed by atoms with E-state index in [0.717, 1.165) is 24.5 Å². The molecule has 0 aromatic heterocycles. The number of rotatable bonds is 7. The first-order valence-corrected chi connectivity index (χ1v) is 10.1. The number of sulfonamides is 1. The number of benzene rings is 2. The third-order valence-electron chi connectivity index (χ3n) is 3.50. The lowest BCUT2D eigenvalue weighted by Crippen LogP contribution is -2.27. The average molecular weight is 411 g/mol. The Kier molecular flexibility index (Phi) is 6.68. The summed E-state index contributed by atoms with van der Waals surface area (Å²) in [6.45, 7) is 1.35. The lowest BCUT2D eigenvalue weighted by molar-refractivity contribution is -0.114. The molecule has 2 amide bonds. The van der Waals surface area contributed by atoms with Crippen molar-refractivity contribution in [2.24, 2.45) is 0 Å². The maximum atomic E-state index is 13.2. The minimum atomic E-state index is -3.64. The number of halogens is 2. The molecule has 2 rings (SSSR count). The summed E-state index contributed by atoms with van der Waals surface area (Å²) in [5.41, 5.74) is 0.691. The van der Waals surface area contributed by atoms with E-state index in [9.17, 15) is 26.8 Å². The Hall–Kier alpha value is -3.01. The predicted molar refractivity (Wildman–Crippen MR) is 102 cm³/mol. The van der Waals surface area contributed by atoms with Gasteiger partial charge in [-0.15, -0.1) is 0 Å². The fraction of sp³-hybridized carbons (Fsp3) is 0.222. The van der Waals surface area contributed by atoms with Gasteiger partial charge in [-0.05, 0) is 42.3 Å². The molecular weight excluding hydrogens is 392 g/mol. The Morgan fingerprint density at radius 1 is 1.04 bits per heavy atom. The van der Waals surface area contributed by atoms with Crippen molar-refractivity contribution < 1.29 is 26.8 Å². The molecule has 0 unspecified atom stereocenters. The van der Waals surface area contributed by atoms with Crippen molar-refractivity contribution in [3.8, 4) is 0 Å². The zero-order valence-electron chi connectivity index (χ0n) is 15.2. The Morgan fingerprint density at radius 2 is 1.68 bits per heavy atom. The second kappa shape index (κ2) is 8.79. The van der Waals surface area contributed by atoms with Crippen molar-refractivity contribution in [1.29, 1.82) is 0 Å². The van der Waals surface area contributed by atoms with E-state index in [4.69, 9.17) is 0 Å². The molecule has 0 heterocycles. The summed E-state index contributed by atoms with van der Waals surface area (Å²) < 4.78 is 51.7. The lowest BCUT2D eigenvalue weighted by atomic mass is 10.1. The number of anilines is 2.